The van der Waals surface area contributed by atoms with E-state index in [1.54, 1.807) is 30.0 Å². The van der Waals surface area contributed by atoms with Crippen LogP contribution in [0.25, 0.3) is 6.08 Å². The molecule has 3 rings (SSSR count). The third-order valence-electron chi connectivity index (χ3n) is 4.02. The van der Waals surface area contributed by atoms with Crippen LogP contribution in [0.2, 0.25) is 10.0 Å². The number of carbonyl (C=O) groups is 2. The highest BCUT2D eigenvalue weighted by Gasteiger charge is 2.32. The Morgan fingerprint density at radius 2 is 1.87 bits per heavy atom. The normalized spacial score (nSPS) is 15.0. The molecule has 0 radical (unpaired) electrons. The lowest BCUT2D eigenvalue weighted by Crippen LogP contribution is -2.27. The number of thioether (sulfide) groups is 1. The van der Waals surface area contributed by atoms with Gasteiger partial charge in [-0.1, -0.05) is 77.5 Å². The smallest absolute Gasteiger partial charge is 0.344 e. The van der Waals surface area contributed by atoms with Crippen molar-refractivity contribution < 1.29 is 19.1 Å². The molecular weight excluding hydrogens is 465 g/mol. The van der Waals surface area contributed by atoms with Gasteiger partial charge in [-0.05, 0) is 36.3 Å². The summed E-state index contributed by atoms with van der Waals surface area (Å²) in [6.07, 6.45) is 1.68. The maximum absolute atomic E-state index is 12.8. The summed E-state index contributed by atoms with van der Waals surface area (Å²) in [7, 11) is 0. The van der Waals surface area contributed by atoms with Crippen molar-refractivity contribution in [3.8, 4) is 5.75 Å². The van der Waals surface area contributed by atoms with E-state index in [0.29, 0.717) is 21.3 Å². The van der Waals surface area contributed by atoms with Gasteiger partial charge >= 0.3 is 5.97 Å². The van der Waals surface area contributed by atoms with E-state index in [1.165, 1.54) is 11.8 Å². The van der Waals surface area contributed by atoms with Crippen LogP contribution in [0.3, 0.4) is 0 Å². The summed E-state index contributed by atoms with van der Waals surface area (Å²) in [5, 5.41) is 0.440. The van der Waals surface area contributed by atoms with E-state index in [1.807, 2.05) is 30.3 Å². The van der Waals surface area contributed by atoms with Gasteiger partial charge in [0.25, 0.3) is 5.91 Å². The molecule has 156 valence electrons. The number of carbonyl (C=O) groups excluding carboxylic acids is 2. The maximum atomic E-state index is 12.8. The van der Waals surface area contributed by atoms with Crippen molar-refractivity contribution in [2.75, 3.05) is 13.2 Å². The highest BCUT2D eigenvalue weighted by molar-refractivity contribution is 8.26. The average molecular weight is 482 g/mol. The molecule has 2 aromatic rings. The topological polar surface area (TPSA) is 55.8 Å². The molecule has 5 nitrogen and oxygen atoms in total. The summed E-state index contributed by atoms with van der Waals surface area (Å²) in [6.45, 7) is 2.07. The molecule has 9 heteroatoms. The molecule has 0 aromatic heterocycles. The minimum absolute atomic E-state index is 0.177. The number of nitrogens with zero attached hydrogens (tertiary/aromatic N) is 1. The standard InChI is InChI=1S/C21H17Cl2NO4S2/c1-2-27-18(25)12-28-19-15(22)8-14(9-16(19)23)10-17-20(26)24(21(29)30-17)11-13-6-4-3-5-7-13/h3-10H,2,11-12H2,1H3/b17-10+. The molecule has 1 amide bonds. The Morgan fingerprint density at radius 1 is 1.20 bits per heavy atom. The van der Waals surface area contributed by atoms with Gasteiger partial charge in [0.15, 0.2) is 12.4 Å². The predicted octanol–water partition coefficient (Wildman–Crippen LogP) is 5.34. The number of rotatable bonds is 7. The van der Waals surface area contributed by atoms with Crippen LogP contribution in [-0.2, 0) is 20.9 Å². The fourth-order valence-electron chi connectivity index (χ4n) is 2.69. The summed E-state index contributed by atoms with van der Waals surface area (Å²) in [6, 6.07) is 12.8. The van der Waals surface area contributed by atoms with Crippen molar-refractivity contribution in [3.05, 3.63) is 68.5 Å². The van der Waals surface area contributed by atoms with Crippen molar-refractivity contribution in [1.29, 1.82) is 0 Å². The van der Waals surface area contributed by atoms with E-state index in [2.05, 4.69) is 0 Å². The van der Waals surface area contributed by atoms with Crippen LogP contribution < -0.4 is 4.74 Å². The number of thiocarbonyl (C=S) groups is 1. The van der Waals surface area contributed by atoms with Crippen LogP contribution in [0.1, 0.15) is 18.1 Å². The number of esters is 1. The first kappa shape index (κ1) is 22.6. The van der Waals surface area contributed by atoms with E-state index < -0.39 is 5.97 Å². The Hall–Kier alpha value is -2.06. The van der Waals surface area contributed by atoms with Crippen molar-refractivity contribution >= 4 is 69.5 Å². The molecular formula is C21H17Cl2NO4S2. The van der Waals surface area contributed by atoms with Gasteiger partial charge in [-0.15, -0.1) is 0 Å². The second kappa shape index (κ2) is 10.3. The summed E-state index contributed by atoms with van der Waals surface area (Å²) < 4.78 is 10.7. The van der Waals surface area contributed by atoms with Crippen LogP contribution in [0.15, 0.2) is 47.4 Å². The van der Waals surface area contributed by atoms with Crippen molar-refractivity contribution in [2.24, 2.45) is 0 Å². The zero-order valence-electron chi connectivity index (χ0n) is 15.9. The van der Waals surface area contributed by atoms with E-state index in [4.69, 9.17) is 44.9 Å². The SMILES string of the molecule is CCOC(=O)COc1c(Cl)cc(/C=C2/SC(=S)N(Cc3ccccc3)C2=O)cc1Cl. The van der Waals surface area contributed by atoms with Crippen LogP contribution in [0, 0.1) is 0 Å². The highest BCUT2D eigenvalue weighted by Crippen LogP contribution is 2.38. The molecule has 0 bridgehead atoms. The molecule has 30 heavy (non-hydrogen) atoms. The molecule has 0 N–H and O–H groups in total. The van der Waals surface area contributed by atoms with Crippen LogP contribution in [0.4, 0.5) is 0 Å². The molecule has 0 aliphatic carbocycles. The first-order chi connectivity index (χ1) is 14.4. The molecule has 0 unspecified atom stereocenters. The summed E-state index contributed by atoms with van der Waals surface area (Å²) >= 11 is 19.1. The number of halogens is 2. The zero-order valence-corrected chi connectivity index (χ0v) is 19.0. The number of amides is 1. The van der Waals surface area contributed by atoms with E-state index in [0.717, 1.165) is 5.56 Å². The second-order valence-corrected chi connectivity index (χ2v) is 8.65. The van der Waals surface area contributed by atoms with Crippen LogP contribution in [0.5, 0.6) is 5.75 Å². The lowest BCUT2D eigenvalue weighted by atomic mass is 10.2. The summed E-state index contributed by atoms with van der Waals surface area (Å²) in [5.74, 6) is -0.514. The maximum Gasteiger partial charge on any atom is 0.344 e. The van der Waals surface area contributed by atoms with E-state index in [-0.39, 0.29) is 34.9 Å². The molecule has 0 atom stereocenters. The average Bonchev–Trinajstić information content (AvgIpc) is 2.96. The monoisotopic (exact) mass is 481 g/mol. The predicted molar refractivity (Wildman–Crippen MR) is 124 cm³/mol. The number of benzene rings is 2. The Morgan fingerprint density at radius 3 is 2.50 bits per heavy atom. The Bertz CT molecular complexity index is 988. The number of hydrogen-bond acceptors (Lipinski definition) is 6. The van der Waals surface area contributed by atoms with Crippen molar-refractivity contribution in [3.63, 3.8) is 0 Å². The molecule has 2 aromatic carbocycles. The third kappa shape index (κ3) is 5.55. The lowest BCUT2D eigenvalue weighted by molar-refractivity contribution is -0.145. The second-order valence-electron chi connectivity index (χ2n) is 6.16. The molecule has 0 spiro atoms. The van der Waals surface area contributed by atoms with Gasteiger partial charge in [0, 0.05) is 0 Å². The lowest BCUT2D eigenvalue weighted by Gasteiger charge is -2.14. The minimum Gasteiger partial charge on any atom is -0.479 e. The quantitative estimate of drug-likeness (QED) is 0.302. The van der Waals surface area contributed by atoms with Crippen molar-refractivity contribution in [2.45, 2.75) is 13.5 Å². The van der Waals surface area contributed by atoms with Gasteiger partial charge in [-0.2, -0.15) is 0 Å². The van der Waals surface area contributed by atoms with Gasteiger partial charge in [0.1, 0.15) is 4.32 Å². The number of hydrogen-bond donors (Lipinski definition) is 0. The molecule has 0 saturated carbocycles. The Labute approximate surface area is 193 Å². The van der Waals surface area contributed by atoms with Gasteiger partial charge in [-0.25, -0.2) is 4.79 Å². The molecule has 1 saturated heterocycles. The first-order valence-corrected chi connectivity index (χ1v) is 10.9. The van der Waals surface area contributed by atoms with Gasteiger partial charge in [0.2, 0.25) is 0 Å². The van der Waals surface area contributed by atoms with Crippen molar-refractivity contribution in [1.82, 2.24) is 4.90 Å². The Balaban J connectivity index is 1.75. The minimum atomic E-state index is -0.518. The van der Waals surface area contributed by atoms with Crippen LogP contribution in [-0.4, -0.2) is 34.3 Å². The Kier molecular flexibility index (Phi) is 7.77. The van der Waals surface area contributed by atoms with Gasteiger partial charge < -0.3 is 9.47 Å². The fraction of sp³-hybridized carbons (Fsp3) is 0.190. The zero-order chi connectivity index (χ0) is 21.7. The molecule has 1 fully saturated rings. The van der Waals surface area contributed by atoms with Gasteiger partial charge in [0.05, 0.1) is 28.1 Å². The van der Waals surface area contributed by atoms with Gasteiger partial charge in [-0.3, -0.25) is 9.69 Å². The molecule has 1 aliphatic heterocycles. The van der Waals surface area contributed by atoms with Crippen LogP contribution >= 0.6 is 47.2 Å². The number of ether oxygens (including phenoxy) is 2. The fourth-order valence-corrected chi connectivity index (χ4v) is 4.56. The molecule has 1 aliphatic rings. The van der Waals surface area contributed by atoms with E-state index in [9.17, 15) is 9.59 Å². The van der Waals surface area contributed by atoms with E-state index >= 15 is 0 Å². The highest BCUT2D eigenvalue weighted by atomic mass is 35.5. The third-order valence-corrected chi connectivity index (χ3v) is 5.95. The molecule has 1 heterocycles. The largest absolute Gasteiger partial charge is 0.479 e. The summed E-state index contributed by atoms with van der Waals surface area (Å²) in [4.78, 5) is 26.3. The summed E-state index contributed by atoms with van der Waals surface area (Å²) in [5.41, 5.74) is 1.61. The first-order valence-electron chi connectivity index (χ1n) is 8.95.